The number of nitrogens with zero attached hydrogens (tertiary/aromatic N) is 6. The highest BCUT2D eigenvalue weighted by atomic mass is 16.5. The number of rotatable bonds is 8. The van der Waals surface area contributed by atoms with E-state index in [1.165, 1.54) is 0 Å². The van der Waals surface area contributed by atoms with E-state index in [1.807, 2.05) is 36.9 Å². The molecule has 4 aromatic heterocycles. The fraction of sp³-hybridized carbons (Fsp3) is 0.273. The third-order valence-electron chi connectivity index (χ3n) is 8.89. The molecule has 7 heterocycles. The van der Waals surface area contributed by atoms with Crippen molar-refractivity contribution >= 4 is 33.4 Å². The van der Waals surface area contributed by atoms with Gasteiger partial charge in [0.05, 0.1) is 49.9 Å². The van der Waals surface area contributed by atoms with Crippen LogP contribution in [0.15, 0.2) is 73.3 Å². The zero-order valence-electron chi connectivity index (χ0n) is 24.0. The van der Waals surface area contributed by atoms with Gasteiger partial charge < -0.3 is 19.1 Å². The lowest BCUT2D eigenvalue weighted by Gasteiger charge is -2.55. The fourth-order valence-electron chi connectivity index (χ4n) is 6.51. The number of nitrogens with one attached hydrogen (secondary N) is 2. The second-order valence-electron chi connectivity index (χ2n) is 12.0. The number of aromatic nitrogens is 6. The summed E-state index contributed by atoms with van der Waals surface area (Å²) in [5, 5.41) is 16.4. The van der Waals surface area contributed by atoms with Crippen LogP contribution in [0.4, 0.5) is 11.6 Å². The van der Waals surface area contributed by atoms with Gasteiger partial charge in [-0.1, -0.05) is 12.1 Å². The molecule has 0 aliphatic carbocycles. The molecule has 0 radical (unpaired) electrons. The number of benzene rings is 2. The molecule has 0 atom stereocenters. The molecule has 0 bridgehead atoms. The number of hydrogen-bond donors (Lipinski definition) is 2. The van der Waals surface area contributed by atoms with Gasteiger partial charge >= 0.3 is 0 Å². The maximum Gasteiger partial charge on any atom is 0.177 e. The molecule has 11 nitrogen and oxygen atoms in total. The minimum Gasteiger partial charge on any atom is -0.450 e. The molecule has 0 amide bonds. The van der Waals surface area contributed by atoms with E-state index in [0.717, 1.165) is 88.5 Å². The third-order valence-corrected chi connectivity index (χ3v) is 8.89. The molecule has 1 spiro atoms. The van der Waals surface area contributed by atoms with Crippen LogP contribution in [0.1, 0.15) is 0 Å². The van der Waals surface area contributed by atoms with Crippen LogP contribution >= 0.6 is 0 Å². The van der Waals surface area contributed by atoms with E-state index < -0.39 is 0 Å². The molecule has 44 heavy (non-hydrogen) atoms. The van der Waals surface area contributed by atoms with Crippen LogP contribution in [0.2, 0.25) is 0 Å². The molecule has 2 fully saturated rings. The first-order valence-electron chi connectivity index (χ1n) is 14.9. The van der Waals surface area contributed by atoms with E-state index in [1.54, 1.807) is 0 Å². The molecule has 11 heteroatoms. The average molecular weight is 587 g/mol. The first kappa shape index (κ1) is 25.6. The highest BCUT2D eigenvalue weighted by Gasteiger charge is 2.48. The number of hydrogen-bond acceptors (Lipinski definition) is 9. The molecule has 220 valence electrons. The molecule has 3 aliphatic heterocycles. The predicted molar refractivity (Wildman–Crippen MR) is 166 cm³/mol. The largest absolute Gasteiger partial charge is 0.450 e. The lowest BCUT2D eigenvalue weighted by atomic mass is 9.78. The summed E-state index contributed by atoms with van der Waals surface area (Å²) in [7, 11) is 0. The second-order valence-corrected chi connectivity index (χ2v) is 12.0. The number of fused-ring (bicyclic) bond motifs is 4. The summed E-state index contributed by atoms with van der Waals surface area (Å²) in [6.07, 6.45) is 7.44. The van der Waals surface area contributed by atoms with E-state index in [-0.39, 0.29) is 0 Å². The molecule has 2 saturated heterocycles. The first-order chi connectivity index (χ1) is 21.7. The van der Waals surface area contributed by atoms with E-state index in [9.17, 15) is 0 Å². The highest BCUT2D eigenvalue weighted by Crippen LogP contribution is 2.46. The van der Waals surface area contributed by atoms with Gasteiger partial charge in [0.2, 0.25) is 0 Å². The van der Waals surface area contributed by atoms with Crippen molar-refractivity contribution < 1.29 is 14.2 Å². The summed E-state index contributed by atoms with van der Waals surface area (Å²) >= 11 is 0. The van der Waals surface area contributed by atoms with Crippen molar-refractivity contribution in [3.63, 3.8) is 0 Å². The van der Waals surface area contributed by atoms with Crippen molar-refractivity contribution in [3.05, 3.63) is 73.3 Å². The minimum atomic E-state index is 0.421. The summed E-state index contributed by atoms with van der Waals surface area (Å²) in [6, 6.07) is 16.5. The lowest BCUT2D eigenvalue weighted by Crippen LogP contribution is -2.66. The monoisotopic (exact) mass is 586 g/mol. The minimum absolute atomic E-state index is 0.421. The maximum absolute atomic E-state index is 6.53. The fourth-order valence-corrected chi connectivity index (χ4v) is 6.51. The van der Waals surface area contributed by atoms with Crippen molar-refractivity contribution in [1.82, 2.24) is 35.3 Å². The quantitative estimate of drug-likeness (QED) is 0.233. The molecule has 3 aliphatic rings. The number of pyridine rings is 2. The Morgan fingerprint density at radius 3 is 1.86 bits per heavy atom. The van der Waals surface area contributed by atoms with Crippen LogP contribution in [0.3, 0.4) is 0 Å². The Hall–Kier alpha value is -4.84. The number of ether oxygens (including phenoxy) is 3. The van der Waals surface area contributed by atoms with E-state index in [0.29, 0.717) is 36.7 Å². The van der Waals surface area contributed by atoms with Gasteiger partial charge in [-0.3, -0.25) is 15.1 Å². The van der Waals surface area contributed by atoms with E-state index >= 15 is 0 Å². The predicted octanol–water partition coefficient (Wildman–Crippen LogP) is 5.16. The molecule has 2 aromatic carbocycles. The molecular formula is C33H30N8O3. The number of anilines is 2. The van der Waals surface area contributed by atoms with Crippen LogP contribution in [-0.4, -0.2) is 87.9 Å². The Morgan fingerprint density at radius 2 is 1.30 bits per heavy atom. The SMILES string of the molecule is c1cc2[nH]ncc2cc1-c1cnc2c(c1)Oc1cc(-c3ccc4[nH]ncc4c3)cnc1N2CCOCCN1CC2(COC2)C1. The van der Waals surface area contributed by atoms with Crippen molar-refractivity contribution in [2.45, 2.75) is 0 Å². The van der Waals surface area contributed by atoms with Crippen LogP contribution in [0, 0.1) is 5.41 Å². The molecule has 2 N–H and O–H groups in total. The normalized spacial score (nSPS) is 16.9. The number of H-pyrrole nitrogens is 2. The zero-order valence-corrected chi connectivity index (χ0v) is 24.0. The Balaban J connectivity index is 0.991. The lowest BCUT2D eigenvalue weighted by molar-refractivity contribution is -0.190. The number of likely N-dealkylation sites (tertiary alicyclic amines) is 1. The van der Waals surface area contributed by atoms with Gasteiger partial charge in [0.15, 0.2) is 23.1 Å². The summed E-state index contributed by atoms with van der Waals surface area (Å²) < 4.78 is 18.0. The standard InChI is InChI=1S/C33H30N8O3/c1-3-27-25(15-36-38-27)9-21(1)23-11-29-31(34-13-23)41(6-8-42-7-5-40-17-33(18-40)19-43-20-33)32-30(44-29)12-24(14-35-32)22-2-4-28-26(10-22)16-37-39-28/h1-4,9-16H,5-8,17-20H2,(H,36,38)(H,37,39). The molecular weight excluding hydrogens is 556 g/mol. The summed E-state index contributed by atoms with van der Waals surface area (Å²) in [4.78, 5) is 14.3. The van der Waals surface area contributed by atoms with Gasteiger partial charge in [0, 0.05) is 65.9 Å². The van der Waals surface area contributed by atoms with Gasteiger partial charge in [0.25, 0.3) is 0 Å². The van der Waals surface area contributed by atoms with Crippen molar-refractivity contribution in [2.75, 3.05) is 57.5 Å². The van der Waals surface area contributed by atoms with Crippen molar-refractivity contribution in [2.24, 2.45) is 5.41 Å². The Bertz CT molecular complexity index is 1880. The van der Waals surface area contributed by atoms with Crippen LogP contribution < -0.4 is 9.64 Å². The maximum atomic E-state index is 6.53. The summed E-state index contributed by atoms with van der Waals surface area (Å²) in [5.74, 6) is 2.81. The number of aromatic amines is 2. The molecule has 0 unspecified atom stereocenters. The molecule has 0 saturated carbocycles. The molecule has 6 aromatic rings. The van der Waals surface area contributed by atoms with Gasteiger partial charge in [0.1, 0.15) is 0 Å². The van der Waals surface area contributed by atoms with Gasteiger partial charge in [-0.25, -0.2) is 9.97 Å². The van der Waals surface area contributed by atoms with Gasteiger partial charge in [-0.15, -0.1) is 0 Å². The molecule has 9 rings (SSSR count). The van der Waals surface area contributed by atoms with Crippen LogP contribution in [0.25, 0.3) is 44.1 Å². The van der Waals surface area contributed by atoms with Gasteiger partial charge in [-0.2, -0.15) is 10.2 Å². The first-order valence-corrected chi connectivity index (χ1v) is 14.9. The van der Waals surface area contributed by atoms with Crippen LogP contribution in [-0.2, 0) is 9.47 Å². The Morgan fingerprint density at radius 1 is 0.705 bits per heavy atom. The van der Waals surface area contributed by atoms with Crippen molar-refractivity contribution in [1.29, 1.82) is 0 Å². The smallest absolute Gasteiger partial charge is 0.177 e. The van der Waals surface area contributed by atoms with Crippen LogP contribution in [0.5, 0.6) is 11.5 Å². The highest BCUT2D eigenvalue weighted by molar-refractivity contribution is 5.86. The second kappa shape index (κ2) is 10.1. The Labute approximate surface area is 252 Å². The summed E-state index contributed by atoms with van der Waals surface area (Å²) in [6.45, 7) is 6.79. The summed E-state index contributed by atoms with van der Waals surface area (Å²) in [5.41, 5.74) is 6.42. The third kappa shape index (κ3) is 4.39. The Kier molecular flexibility index (Phi) is 5.90. The van der Waals surface area contributed by atoms with E-state index in [2.05, 4.69) is 66.6 Å². The average Bonchev–Trinajstić information content (AvgIpc) is 3.68. The topological polar surface area (TPSA) is 117 Å². The van der Waals surface area contributed by atoms with Gasteiger partial charge in [-0.05, 0) is 47.5 Å². The zero-order chi connectivity index (χ0) is 29.1. The van der Waals surface area contributed by atoms with E-state index in [4.69, 9.17) is 24.2 Å². The van der Waals surface area contributed by atoms with Crippen molar-refractivity contribution in [3.8, 4) is 33.8 Å².